The molecule has 0 aliphatic carbocycles. The maximum atomic E-state index is 13.4. The molecule has 3 N–H and O–H groups in total. The molecule has 0 bridgehead atoms. The number of ether oxygens (including phenoxy) is 1. The average Bonchev–Trinajstić information content (AvgIpc) is 2.49. The van der Waals surface area contributed by atoms with E-state index in [1.165, 1.54) is 18.2 Å². The molecule has 5 nitrogen and oxygen atoms in total. The fraction of sp³-hybridized carbons (Fsp3) is 0.533. The van der Waals surface area contributed by atoms with Gasteiger partial charge in [0.2, 0.25) is 0 Å². The number of hydrogen-bond donors (Lipinski definition) is 3. The topological polar surface area (TPSA) is 70.6 Å². The first-order valence-corrected chi connectivity index (χ1v) is 7.25. The van der Waals surface area contributed by atoms with Crippen LogP contribution in [0.15, 0.2) is 18.2 Å². The van der Waals surface area contributed by atoms with E-state index in [0.29, 0.717) is 26.1 Å². The van der Waals surface area contributed by atoms with Crippen molar-refractivity contribution in [3.63, 3.8) is 0 Å². The molecule has 1 aliphatic heterocycles. The monoisotopic (exact) mass is 314 g/mol. The van der Waals surface area contributed by atoms with Crippen LogP contribution in [0.25, 0.3) is 0 Å². The third-order valence-corrected chi connectivity index (χ3v) is 3.72. The lowest BCUT2D eigenvalue weighted by molar-refractivity contribution is -0.0600. The molecular weight excluding hydrogens is 294 g/mol. The third-order valence-electron chi connectivity index (χ3n) is 3.72. The fourth-order valence-electron chi connectivity index (χ4n) is 2.31. The molecule has 22 heavy (non-hydrogen) atoms. The number of carbonyl (C=O) groups is 1. The predicted octanol–water partition coefficient (Wildman–Crippen LogP) is 1.35. The van der Waals surface area contributed by atoms with Crippen LogP contribution in [0.3, 0.4) is 0 Å². The van der Waals surface area contributed by atoms with Crippen molar-refractivity contribution in [1.82, 2.24) is 10.6 Å². The number of aliphatic hydroxyl groups is 1. The standard InChI is InChI=1S/C15H20F2N2O3/c16-12-2-1-3-13(17)11(12)4-7-18-14(20)19-10-15(21)5-8-22-9-6-15/h1-3,21H,4-10H2,(H2,18,19,20). The molecule has 1 aliphatic rings. The maximum absolute atomic E-state index is 13.4. The van der Waals surface area contributed by atoms with E-state index in [-0.39, 0.29) is 25.1 Å². The van der Waals surface area contributed by atoms with Crippen molar-refractivity contribution in [3.8, 4) is 0 Å². The van der Waals surface area contributed by atoms with E-state index < -0.39 is 23.3 Å². The van der Waals surface area contributed by atoms with Crippen LogP contribution in [0.2, 0.25) is 0 Å². The molecule has 0 atom stereocenters. The number of hydrogen-bond acceptors (Lipinski definition) is 3. The number of amides is 2. The van der Waals surface area contributed by atoms with Crippen LogP contribution in [0.1, 0.15) is 18.4 Å². The Bertz CT molecular complexity index is 499. The Morgan fingerprint density at radius 2 is 1.86 bits per heavy atom. The molecule has 1 aromatic rings. The minimum atomic E-state index is -0.951. The lowest BCUT2D eigenvalue weighted by Gasteiger charge is -2.32. The van der Waals surface area contributed by atoms with E-state index in [4.69, 9.17) is 4.74 Å². The Morgan fingerprint density at radius 1 is 1.23 bits per heavy atom. The second-order valence-electron chi connectivity index (χ2n) is 5.40. The molecule has 0 radical (unpaired) electrons. The van der Waals surface area contributed by atoms with Crippen LogP contribution < -0.4 is 10.6 Å². The van der Waals surface area contributed by atoms with Gasteiger partial charge in [-0.05, 0) is 18.6 Å². The minimum absolute atomic E-state index is 0.0501. The summed E-state index contributed by atoms with van der Waals surface area (Å²) in [6, 6.07) is 3.18. The highest BCUT2D eigenvalue weighted by atomic mass is 19.1. The van der Waals surface area contributed by atoms with E-state index in [0.717, 1.165) is 0 Å². The quantitative estimate of drug-likeness (QED) is 0.768. The molecule has 1 heterocycles. The van der Waals surface area contributed by atoms with Crippen molar-refractivity contribution in [3.05, 3.63) is 35.4 Å². The SMILES string of the molecule is O=C(NCCc1c(F)cccc1F)NCC1(O)CCOCC1. The van der Waals surface area contributed by atoms with E-state index in [2.05, 4.69) is 10.6 Å². The molecule has 7 heteroatoms. The lowest BCUT2D eigenvalue weighted by atomic mass is 9.94. The van der Waals surface area contributed by atoms with Gasteiger partial charge in [0.1, 0.15) is 11.6 Å². The summed E-state index contributed by atoms with van der Waals surface area (Å²) in [5, 5.41) is 15.3. The van der Waals surface area contributed by atoms with Crippen molar-refractivity contribution in [2.75, 3.05) is 26.3 Å². The normalized spacial score (nSPS) is 17.0. The molecule has 1 saturated heterocycles. The number of halogens is 2. The first kappa shape index (κ1) is 16.6. The molecule has 1 fully saturated rings. The van der Waals surface area contributed by atoms with Gasteiger partial charge in [0.15, 0.2) is 0 Å². The molecule has 0 unspecified atom stereocenters. The van der Waals surface area contributed by atoms with Gasteiger partial charge >= 0.3 is 6.03 Å². The summed E-state index contributed by atoms with van der Waals surface area (Å²) < 4.78 is 32.0. The zero-order valence-corrected chi connectivity index (χ0v) is 12.2. The zero-order valence-electron chi connectivity index (χ0n) is 12.2. The second kappa shape index (κ2) is 7.51. The summed E-state index contributed by atoms with van der Waals surface area (Å²) in [6.07, 6.45) is 0.992. The Kier molecular flexibility index (Phi) is 5.68. The maximum Gasteiger partial charge on any atom is 0.314 e. The summed E-state index contributed by atoms with van der Waals surface area (Å²) in [6.45, 7) is 1.15. The largest absolute Gasteiger partial charge is 0.388 e. The van der Waals surface area contributed by atoms with E-state index in [9.17, 15) is 18.7 Å². The van der Waals surface area contributed by atoms with Gasteiger partial charge in [0.05, 0.1) is 5.60 Å². The number of nitrogens with one attached hydrogen (secondary N) is 2. The molecule has 2 rings (SSSR count). The van der Waals surface area contributed by atoms with Gasteiger partial charge in [0, 0.05) is 44.7 Å². The number of carbonyl (C=O) groups excluding carboxylic acids is 1. The van der Waals surface area contributed by atoms with Crippen LogP contribution in [0.4, 0.5) is 13.6 Å². The Morgan fingerprint density at radius 3 is 2.50 bits per heavy atom. The van der Waals surface area contributed by atoms with E-state index >= 15 is 0 Å². The fourth-order valence-corrected chi connectivity index (χ4v) is 2.31. The number of rotatable bonds is 5. The molecule has 1 aromatic carbocycles. The van der Waals surface area contributed by atoms with Gasteiger partial charge < -0.3 is 20.5 Å². The van der Waals surface area contributed by atoms with Crippen molar-refractivity contribution in [1.29, 1.82) is 0 Å². The summed E-state index contributed by atoms with van der Waals surface area (Å²) in [5.41, 5.74) is -1.00. The summed E-state index contributed by atoms with van der Waals surface area (Å²) in [4.78, 5) is 11.6. The molecule has 2 amide bonds. The zero-order chi connectivity index (χ0) is 16.0. The molecule has 0 saturated carbocycles. The van der Waals surface area contributed by atoms with E-state index in [1.807, 2.05) is 0 Å². The summed E-state index contributed by atoms with van der Waals surface area (Å²) in [5.74, 6) is -1.25. The Balaban J connectivity index is 1.72. The van der Waals surface area contributed by atoms with Crippen LogP contribution >= 0.6 is 0 Å². The van der Waals surface area contributed by atoms with Gasteiger partial charge in [-0.25, -0.2) is 13.6 Å². The van der Waals surface area contributed by atoms with Gasteiger partial charge in [0.25, 0.3) is 0 Å². The number of benzene rings is 1. The van der Waals surface area contributed by atoms with Crippen LogP contribution in [0, 0.1) is 11.6 Å². The summed E-state index contributed by atoms with van der Waals surface area (Å²) in [7, 11) is 0. The van der Waals surface area contributed by atoms with Crippen LogP contribution in [-0.4, -0.2) is 43.0 Å². The highest BCUT2D eigenvalue weighted by Crippen LogP contribution is 2.19. The van der Waals surface area contributed by atoms with Gasteiger partial charge in [-0.2, -0.15) is 0 Å². The second-order valence-corrected chi connectivity index (χ2v) is 5.40. The van der Waals surface area contributed by atoms with Crippen molar-refractivity contribution >= 4 is 6.03 Å². The molecule has 122 valence electrons. The predicted molar refractivity (Wildman–Crippen MR) is 76.5 cm³/mol. The van der Waals surface area contributed by atoms with Crippen molar-refractivity contribution in [2.24, 2.45) is 0 Å². The lowest BCUT2D eigenvalue weighted by Crippen LogP contribution is -2.49. The van der Waals surface area contributed by atoms with Crippen molar-refractivity contribution in [2.45, 2.75) is 24.9 Å². The Labute approximate surface area is 127 Å². The average molecular weight is 314 g/mol. The smallest absolute Gasteiger partial charge is 0.314 e. The van der Waals surface area contributed by atoms with Gasteiger partial charge in [-0.15, -0.1) is 0 Å². The van der Waals surface area contributed by atoms with Crippen LogP contribution in [-0.2, 0) is 11.2 Å². The number of urea groups is 1. The Hall–Kier alpha value is -1.73. The van der Waals surface area contributed by atoms with Gasteiger partial charge in [-0.1, -0.05) is 6.07 Å². The van der Waals surface area contributed by atoms with Crippen LogP contribution in [0.5, 0.6) is 0 Å². The first-order valence-electron chi connectivity index (χ1n) is 7.25. The van der Waals surface area contributed by atoms with Crippen molar-refractivity contribution < 1.29 is 23.4 Å². The first-order chi connectivity index (χ1) is 10.5. The molecule has 0 spiro atoms. The molecular formula is C15H20F2N2O3. The molecule has 0 aromatic heterocycles. The summed E-state index contributed by atoms with van der Waals surface area (Å²) >= 11 is 0. The highest BCUT2D eigenvalue weighted by molar-refractivity contribution is 5.73. The van der Waals surface area contributed by atoms with E-state index in [1.54, 1.807) is 0 Å². The highest BCUT2D eigenvalue weighted by Gasteiger charge is 2.30. The van der Waals surface area contributed by atoms with Gasteiger partial charge in [-0.3, -0.25) is 0 Å². The minimum Gasteiger partial charge on any atom is -0.388 e. The third kappa shape index (κ3) is 4.64.